The summed E-state index contributed by atoms with van der Waals surface area (Å²) >= 11 is 1.27. The Labute approximate surface area is 178 Å². The van der Waals surface area contributed by atoms with Gasteiger partial charge in [-0.3, -0.25) is 9.36 Å². The summed E-state index contributed by atoms with van der Waals surface area (Å²) < 4.78 is 29.7. The summed E-state index contributed by atoms with van der Waals surface area (Å²) in [7, 11) is -3.71. The minimum atomic E-state index is -3.71. The number of hydrogen-bond acceptors (Lipinski definition) is 7. The number of rotatable bonds is 10. The highest BCUT2D eigenvalue weighted by Gasteiger charge is 2.16. The summed E-state index contributed by atoms with van der Waals surface area (Å²) in [5.74, 6) is 1.20. The fraction of sp³-hybridized carbons (Fsp3) is 0.211. The zero-order valence-corrected chi connectivity index (χ0v) is 17.7. The van der Waals surface area contributed by atoms with Crippen molar-refractivity contribution in [3.8, 4) is 11.6 Å². The third-order valence-corrected chi connectivity index (χ3v) is 5.99. The normalized spacial score (nSPS) is 11.4. The van der Waals surface area contributed by atoms with E-state index < -0.39 is 10.0 Å². The van der Waals surface area contributed by atoms with Crippen molar-refractivity contribution >= 4 is 27.7 Å². The topological polar surface area (TPSA) is 133 Å². The minimum absolute atomic E-state index is 0.0595. The van der Waals surface area contributed by atoms with E-state index in [1.165, 1.54) is 23.9 Å². The van der Waals surface area contributed by atoms with Gasteiger partial charge in [0.1, 0.15) is 0 Å². The number of nitrogens with one attached hydrogen (secondary N) is 1. The van der Waals surface area contributed by atoms with Crippen molar-refractivity contribution in [3.63, 3.8) is 0 Å². The van der Waals surface area contributed by atoms with E-state index in [-0.39, 0.29) is 16.6 Å². The predicted molar refractivity (Wildman–Crippen MR) is 113 cm³/mol. The van der Waals surface area contributed by atoms with Gasteiger partial charge in [-0.25, -0.2) is 13.6 Å². The third-order valence-electron chi connectivity index (χ3n) is 4.09. The molecule has 9 nitrogen and oxygen atoms in total. The van der Waals surface area contributed by atoms with Crippen LogP contribution in [0.25, 0.3) is 11.6 Å². The van der Waals surface area contributed by atoms with E-state index in [2.05, 4.69) is 22.1 Å². The average Bonchev–Trinajstić information content (AvgIpc) is 3.36. The number of benzene rings is 1. The van der Waals surface area contributed by atoms with Crippen LogP contribution in [0.2, 0.25) is 0 Å². The van der Waals surface area contributed by atoms with Crippen molar-refractivity contribution in [3.05, 3.63) is 60.9 Å². The van der Waals surface area contributed by atoms with Crippen LogP contribution in [-0.4, -0.2) is 41.4 Å². The first-order chi connectivity index (χ1) is 14.4. The lowest BCUT2D eigenvalue weighted by molar-refractivity contribution is -0.118. The van der Waals surface area contributed by atoms with Gasteiger partial charge in [-0.2, -0.15) is 0 Å². The summed E-state index contributed by atoms with van der Waals surface area (Å²) in [6.45, 7) is 4.66. The molecule has 0 bridgehead atoms. The van der Waals surface area contributed by atoms with Crippen LogP contribution in [0.15, 0.2) is 69.8 Å². The largest absolute Gasteiger partial charge is 0.461 e. The van der Waals surface area contributed by atoms with Gasteiger partial charge in [-0.15, -0.1) is 16.8 Å². The van der Waals surface area contributed by atoms with E-state index >= 15 is 0 Å². The number of thioether (sulfide) groups is 1. The molecule has 11 heteroatoms. The third kappa shape index (κ3) is 5.59. The van der Waals surface area contributed by atoms with Crippen LogP contribution < -0.4 is 10.5 Å². The highest BCUT2D eigenvalue weighted by molar-refractivity contribution is 7.99. The Morgan fingerprint density at radius 1 is 1.27 bits per heavy atom. The molecule has 0 spiro atoms. The first kappa shape index (κ1) is 21.8. The summed E-state index contributed by atoms with van der Waals surface area (Å²) in [6.07, 6.45) is 3.85. The van der Waals surface area contributed by atoms with Gasteiger partial charge in [0.2, 0.25) is 21.8 Å². The Morgan fingerprint density at radius 2 is 2.03 bits per heavy atom. The number of furan rings is 1. The lowest BCUT2D eigenvalue weighted by Gasteiger charge is -2.07. The van der Waals surface area contributed by atoms with E-state index in [1.807, 2.05) is 4.57 Å². The Bertz CT molecular complexity index is 1110. The number of carbonyl (C=O) groups is 1. The molecule has 0 atom stereocenters. The average molecular weight is 448 g/mol. The Hall–Kier alpha value is -2.89. The maximum Gasteiger partial charge on any atom is 0.238 e. The van der Waals surface area contributed by atoms with Crippen molar-refractivity contribution in [1.82, 2.24) is 20.1 Å². The minimum Gasteiger partial charge on any atom is -0.461 e. The van der Waals surface area contributed by atoms with E-state index in [1.54, 1.807) is 36.6 Å². The lowest BCUT2D eigenvalue weighted by Crippen LogP contribution is -2.27. The van der Waals surface area contributed by atoms with E-state index in [0.29, 0.717) is 36.3 Å². The second-order valence-corrected chi connectivity index (χ2v) is 8.76. The maximum atomic E-state index is 12.2. The summed E-state index contributed by atoms with van der Waals surface area (Å²) in [6, 6.07) is 9.81. The maximum absolute atomic E-state index is 12.2. The number of hydrogen-bond donors (Lipinski definition) is 2. The van der Waals surface area contributed by atoms with E-state index in [0.717, 1.165) is 5.56 Å². The van der Waals surface area contributed by atoms with Gasteiger partial charge >= 0.3 is 0 Å². The smallest absolute Gasteiger partial charge is 0.238 e. The van der Waals surface area contributed by atoms with Crippen LogP contribution in [-0.2, 0) is 27.8 Å². The predicted octanol–water partition coefficient (Wildman–Crippen LogP) is 1.82. The first-order valence-electron chi connectivity index (χ1n) is 8.97. The molecule has 30 heavy (non-hydrogen) atoms. The lowest BCUT2D eigenvalue weighted by atomic mass is 10.1. The number of carbonyl (C=O) groups excluding carboxylic acids is 1. The molecule has 0 aliphatic rings. The highest BCUT2D eigenvalue weighted by atomic mass is 32.2. The van der Waals surface area contributed by atoms with Crippen molar-refractivity contribution < 1.29 is 17.6 Å². The van der Waals surface area contributed by atoms with Crippen LogP contribution in [0.1, 0.15) is 5.56 Å². The molecule has 0 aliphatic carbocycles. The molecule has 1 aromatic carbocycles. The molecule has 0 fully saturated rings. The number of nitrogens with zero attached hydrogens (tertiary/aromatic N) is 3. The molecule has 3 aromatic rings. The molecular formula is C19H21N5O4S2. The molecule has 2 heterocycles. The molecule has 1 amide bonds. The van der Waals surface area contributed by atoms with Gasteiger partial charge in [-0.1, -0.05) is 30.0 Å². The first-order valence-corrected chi connectivity index (χ1v) is 11.5. The fourth-order valence-electron chi connectivity index (χ4n) is 2.65. The molecule has 0 unspecified atom stereocenters. The zero-order valence-electron chi connectivity index (χ0n) is 16.0. The molecule has 0 saturated heterocycles. The SMILES string of the molecule is C=CCn1c(SCC(=O)NCCc2ccc(S(N)(=O)=O)cc2)nnc1-c1ccco1. The number of nitrogens with two attached hydrogens (primary N) is 1. The highest BCUT2D eigenvalue weighted by Crippen LogP contribution is 2.24. The molecule has 0 radical (unpaired) electrons. The Kier molecular flexibility index (Phi) is 7.08. The van der Waals surface area contributed by atoms with E-state index in [4.69, 9.17) is 9.56 Å². The molecule has 0 aliphatic heterocycles. The van der Waals surface area contributed by atoms with Gasteiger partial charge in [0, 0.05) is 13.1 Å². The standard InChI is InChI=1S/C19H21N5O4S2/c1-2-11-24-18(16-4-3-12-28-16)22-23-19(24)29-13-17(25)21-10-9-14-5-7-15(8-6-14)30(20,26)27/h2-8,12H,1,9-11,13H2,(H,21,25)(H2,20,26,27). The van der Waals surface area contributed by atoms with Crippen molar-refractivity contribution in [1.29, 1.82) is 0 Å². The zero-order chi connectivity index (χ0) is 21.6. The van der Waals surface area contributed by atoms with Crippen LogP contribution in [0, 0.1) is 0 Å². The van der Waals surface area contributed by atoms with Gasteiger partial charge in [0.25, 0.3) is 0 Å². The summed E-state index contributed by atoms with van der Waals surface area (Å²) in [4.78, 5) is 12.2. The molecule has 0 saturated carbocycles. The summed E-state index contributed by atoms with van der Waals surface area (Å²) in [5, 5.41) is 16.8. The number of allylic oxidation sites excluding steroid dienone is 1. The second-order valence-electron chi connectivity index (χ2n) is 6.26. The monoisotopic (exact) mass is 447 g/mol. The number of aromatic nitrogens is 3. The molecule has 3 N–H and O–H groups in total. The number of sulfonamides is 1. The van der Waals surface area contributed by atoms with Crippen LogP contribution >= 0.6 is 11.8 Å². The van der Waals surface area contributed by atoms with Crippen molar-refractivity contribution in [2.24, 2.45) is 5.14 Å². The van der Waals surface area contributed by atoms with Crippen molar-refractivity contribution in [2.45, 2.75) is 23.0 Å². The number of primary sulfonamides is 1. The number of amides is 1. The molecule has 3 rings (SSSR count). The molecule has 2 aromatic heterocycles. The fourth-order valence-corrected chi connectivity index (χ4v) is 3.94. The quantitative estimate of drug-likeness (QED) is 0.358. The molecular weight excluding hydrogens is 426 g/mol. The van der Waals surface area contributed by atoms with Crippen LogP contribution in [0.4, 0.5) is 0 Å². The van der Waals surface area contributed by atoms with Gasteiger partial charge in [0.05, 0.1) is 16.9 Å². The summed E-state index contributed by atoms with van der Waals surface area (Å²) in [5.41, 5.74) is 0.893. The Balaban J connectivity index is 1.51. The Morgan fingerprint density at radius 3 is 2.67 bits per heavy atom. The van der Waals surface area contributed by atoms with Gasteiger partial charge in [-0.05, 0) is 36.2 Å². The van der Waals surface area contributed by atoms with E-state index in [9.17, 15) is 13.2 Å². The van der Waals surface area contributed by atoms with Crippen molar-refractivity contribution in [2.75, 3.05) is 12.3 Å². The van der Waals surface area contributed by atoms with Crippen LogP contribution in [0.3, 0.4) is 0 Å². The second kappa shape index (κ2) is 9.74. The molecule has 158 valence electrons. The van der Waals surface area contributed by atoms with Gasteiger partial charge < -0.3 is 9.73 Å². The van der Waals surface area contributed by atoms with Gasteiger partial charge in [0.15, 0.2) is 10.9 Å². The van der Waals surface area contributed by atoms with Crippen LogP contribution in [0.5, 0.6) is 0 Å².